The summed E-state index contributed by atoms with van der Waals surface area (Å²) < 4.78 is 38.7. The SMILES string of the molecule is C[C@H](N)c1cc(C(F)(F)F)nn1C1CC1. The molecule has 1 heterocycles. The highest BCUT2D eigenvalue weighted by Crippen LogP contribution is 2.38. The number of aromatic nitrogens is 2. The molecule has 1 aliphatic carbocycles. The second kappa shape index (κ2) is 3.23. The lowest BCUT2D eigenvalue weighted by atomic mass is 10.2. The van der Waals surface area contributed by atoms with Gasteiger partial charge in [0.25, 0.3) is 0 Å². The zero-order chi connectivity index (χ0) is 11.2. The Balaban J connectivity index is 2.40. The van der Waals surface area contributed by atoms with Crippen LogP contribution >= 0.6 is 0 Å². The zero-order valence-corrected chi connectivity index (χ0v) is 8.25. The van der Waals surface area contributed by atoms with Gasteiger partial charge in [-0.05, 0) is 25.8 Å². The molecule has 2 N–H and O–H groups in total. The highest BCUT2D eigenvalue weighted by Gasteiger charge is 2.37. The van der Waals surface area contributed by atoms with Crippen LogP contribution in [-0.4, -0.2) is 9.78 Å². The van der Waals surface area contributed by atoms with E-state index in [4.69, 9.17) is 5.73 Å². The van der Waals surface area contributed by atoms with Gasteiger partial charge < -0.3 is 5.73 Å². The van der Waals surface area contributed by atoms with Crippen molar-refractivity contribution in [3.63, 3.8) is 0 Å². The van der Waals surface area contributed by atoms with E-state index in [0.29, 0.717) is 5.69 Å². The zero-order valence-electron chi connectivity index (χ0n) is 8.25. The Morgan fingerprint density at radius 2 is 2.13 bits per heavy atom. The minimum Gasteiger partial charge on any atom is -0.323 e. The quantitative estimate of drug-likeness (QED) is 0.829. The molecule has 3 nitrogen and oxygen atoms in total. The second-order valence-electron chi connectivity index (χ2n) is 3.92. The summed E-state index contributed by atoms with van der Waals surface area (Å²) in [6.07, 6.45) is -2.61. The van der Waals surface area contributed by atoms with Crippen molar-refractivity contribution in [2.24, 2.45) is 5.73 Å². The Bertz CT molecular complexity index is 344. The molecule has 0 aromatic carbocycles. The van der Waals surface area contributed by atoms with Gasteiger partial charge in [-0.15, -0.1) is 0 Å². The summed E-state index contributed by atoms with van der Waals surface area (Å²) in [5, 5.41) is 3.58. The Labute approximate surface area is 85.1 Å². The molecule has 1 aromatic heterocycles. The van der Waals surface area contributed by atoms with E-state index in [9.17, 15) is 13.2 Å². The van der Waals surface area contributed by atoms with E-state index >= 15 is 0 Å². The van der Waals surface area contributed by atoms with Crippen LogP contribution in [-0.2, 0) is 6.18 Å². The molecule has 0 spiro atoms. The summed E-state index contributed by atoms with van der Waals surface area (Å²) in [6.45, 7) is 1.66. The standard InChI is InChI=1S/C9H12F3N3/c1-5(13)7-4-8(9(10,11)12)14-15(7)6-2-3-6/h4-6H,2-3,13H2,1H3/t5-/m0/s1. The van der Waals surface area contributed by atoms with Crippen LogP contribution in [0.3, 0.4) is 0 Å². The van der Waals surface area contributed by atoms with Crippen molar-refractivity contribution >= 4 is 0 Å². The van der Waals surface area contributed by atoms with Gasteiger partial charge in [0.2, 0.25) is 0 Å². The summed E-state index contributed by atoms with van der Waals surface area (Å²) in [4.78, 5) is 0. The fourth-order valence-corrected chi connectivity index (χ4v) is 1.50. The first-order chi connectivity index (χ1) is 6.89. The van der Waals surface area contributed by atoms with Crippen molar-refractivity contribution < 1.29 is 13.2 Å². The van der Waals surface area contributed by atoms with Crippen LogP contribution in [0.1, 0.15) is 43.2 Å². The number of nitrogens with two attached hydrogens (primary N) is 1. The second-order valence-corrected chi connectivity index (χ2v) is 3.92. The molecule has 2 rings (SSSR count). The van der Waals surface area contributed by atoms with Crippen molar-refractivity contribution in [1.82, 2.24) is 9.78 Å². The first-order valence-electron chi connectivity index (χ1n) is 4.82. The molecule has 6 heteroatoms. The largest absolute Gasteiger partial charge is 0.435 e. The van der Waals surface area contributed by atoms with Crippen molar-refractivity contribution in [2.75, 3.05) is 0 Å². The molecule has 1 aromatic rings. The smallest absolute Gasteiger partial charge is 0.323 e. The Morgan fingerprint density at radius 3 is 2.53 bits per heavy atom. The monoisotopic (exact) mass is 219 g/mol. The minimum absolute atomic E-state index is 0.113. The van der Waals surface area contributed by atoms with E-state index < -0.39 is 17.9 Å². The maximum Gasteiger partial charge on any atom is 0.435 e. The van der Waals surface area contributed by atoms with Gasteiger partial charge in [-0.3, -0.25) is 4.68 Å². The molecular formula is C9H12F3N3. The van der Waals surface area contributed by atoms with E-state index in [1.54, 1.807) is 6.92 Å². The molecule has 1 fully saturated rings. The lowest BCUT2D eigenvalue weighted by molar-refractivity contribution is -0.141. The molecule has 1 atom stereocenters. The average Bonchev–Trinajstić information content (AvgIpc) is 2.81. The summed E-state index contributed by atoms with van der Waals surface area (Å²) in [5.41, 5.74) is 5.23. The van der Waals surface area contributed by atoms with Crippen molar-refractivity contribution in [3.8, 4) is 0 Å². The van der Waals surface area contributed by atoms with E-state index in [0.717, 1.165) is 18.9 Å². The number of alkyl halides is 3. The van der Waals surface area contributed by atoms with Crippen LogP contribution < -0.4 is 5.73 Å². The number of hydrogen-bond acceptors (Lipinski definition) is 2. The number of rotatable bonds is 2. The van der Waals surface area contributed by atoms with E-state index in [1.165, 1.54) is 4.68 Å². The topological polar surface area (TPSA) is 43.8 Å². The van der Waals surface area contributed by atoms with Crippen molar-refractivity contribution in [2.45, 2.75) is 38.0 Å². The van der Waals surface area contributed by atoms with Crippen LogP contribution in [0.2, 0.25) is 0 Å². The molecule has 0 aliphatic heterocycles. The van der Waals surface area contributed by atoms with Crippen LogP contribution in [0.15, 0.2) is 6.07 Å². The normalized spacial score (nSPS) is 19.3. The molecule has 15 heavy (non-hydrogen) atoms. The van der Waals surface area contributed by atoms with Crippen molar-refractivity contribution in [1.29, 1.82) is 0 Å². The predicted octanol–water partition coefficient (Wildman–Crippen LogP) is 2.26. The van der Waals surface area contributed by atoms with Crippen LogP contribution in [0, 0.1) is 0 Å². The minimum atomic E-state index is -4.39. The Hall–Kier alpha value is -1.04. The highest BCUT2D eigenvalue weighted by molar-refractivity contribution is 5.17. The van der Waals surface area contributed by atoms with Crippen LogP contribution in [0.4, 0.5) is 13.2 Å². The third-order valence-electron chi connectivity index (χ3n) is 2.41. The molecule has 84 valence electrons. The van der Waals surface area contributed by atoms with Crippen LogP contribution in [0.25, 0.3) is 0 Å². The van der Waals surface area contributed by atoms with Gasteiger partial charge in [-0.25, -0.2) is 0 Å². The number of nitrogens with zero attached hydrogens (tertiary/aromatic N) is 2. The maximum atomic E-state index is 12.4. The summed E-state index contributed by atoms with van der Waals surface area (Å²) in [7, 11) is 0. The first kappa shape index (κ1) is 10.5. The van der Waals surface area contributed by atoms with Gasteiger partial charge in [0.15, 0.2) is 5.69 Å². The summed E-state index contributed by atoms with van der Waals surface area (Å²) >= 11 is 0. The average molecular weight is 219 g/mol. The fourth-order valence-electron chi connectivity index (χ4n) is 1.50. The highest BCUT2D eigenvalue weighted by atomic mass is 19.4. The molecule has 0 saturated heterocycles. The van der Waals surface area contributed by atoms with E-state index in [-0.39, 0.29) is 6.04 Å². The van der Waals surface area contributed by atoms with Gasteiger partial charge in [0.1, 0.15) is 0 Å². The predicted molar refractivity (Wildman–Crippen MR) is 48.1 cm³/mol. The number of halogens is 3. The van der Waals surface area contributed by atoms with Gasteiger partial charge >= 0.3 is 6.18 Å². The van der Waals surface area contributed by atoms with Gasteiger partial charge in [-0.2, -0.15) is 18.3 Å². The molecule has 0 bridgehead atoms. The first-order valence-corrected chi connectivity index (χ1v) is 4.82. The molecule has 1 saturated carbocycles. The summed E-state index contributed by atoms with van der Waals surface area (Å²) in [5.74, 6) is 0. The molecular weight excluding hydrogens is 207 g/mol. The maximum absolute atomic E-state index is 12.4. The Morgan fingerprint density at radius 1 is 1.53 bits per heavy atom. The molecule has 0 unspecified atom stereocenters. The van der Waals surface area contributed by atoms with E-state index in [2.05, 4.69) is 5.10 Å². The number of hydrogen-bond donors (Lipinski definition) is 1. The Kier molecular flexibility index (Phi) is 2.26. The lowest BCUT2D eigenvalue weighted by Crippen LogP contribution is -2.12. The third-order valence-corrected chi connectivity index (χ3v) is 2.41. The van der Waals surface area contributed by atoms with Gasteiger partial charge in [0, 0.05) is 6.04 Å². The molecule has 1 aliphatic rings. The fraction of sp³-hybridized carbons (Fsp3) is 0.667. The molecule has 0 radical (unpaired) electrons. The third kappa shape index (κ3) is 1.99. The van der Waals surface area contributed by atoms with Gasteiger partial charge in [0.05, 0.1) is 11.7 Å². The van der Waals surface area contributed by atoms with Crippen LogP contribution in [0.5, 0.6) is 0 Å². The van der Waals surface area contributed by atoms with Crippen molar-refractivity contribution in [3.05, 3.63) is 17.5 Å². The van der Waals surface area contributed by atoms with Gasteiger partial charge in [-0.1, -0.05) is 0 Å². The molecule has 0 amide bonds. The lowest BCUT2D eigenvalue weighted by Gasteiger charge is -2.07. The van der Waals surface area contributed by atoms with E-state index in [1.807, 2.05) is 0 Å². The summed E-state index contributed by atoms with van der Waals surface area (Å²) in [6, 6.07) is 0.736.